The molecule has 0 N–H and O–H groups in total. The van der Waals surface area contributed by atoms with Gasteiger partial charge in [0.05, 0.1) is 26.1 Å². The van der Waals surface area contributed by atoms with Crippen LogP contribution in [0.15, 0.2) is 0 Å². The zero-order chi connectivity index (χ0) is 34.4. The van der Waals surface area contributed by atoms with Gasteiger partial charge >= 0.3 is 11.9 Å². The number of unbranched alkanes of at least 4 members (excludes halogenated alkanes) is 10. The van der Waals surface area contributed by atoms with Crippen molar-refractivity contribution < 1.29 is 28.7 Å². The van der Waals surface area contributed by atoms with E-state index in [1.165, 1.54) is 64.2 Å². The molecule has 0 aromatic heterocycles. The van der Waals surface area contributed by atoms with E-state index in [4.69, 9.17) is 19.1 Å². The van der Waals surface area contributed by atoms with Crippen molar-refractivity contribution in [2.24, 2.45) is 0 Å². The van der Waals surface area contributed by atoms with Gasteiger partial charge in [0.15, 0.2) is 0 Å². The molecule has 2 heterocycles. The molecule has 0 unspecified atom stereocenters. The van der Waals surface area contributed by atoms with Crippen LogP contribution in [0.2, 0.25) is 0 Å². The lowest BCUT2D eigenvalue weighted by Gasteiger charge is -2.53. The maximum absolute atomic E-state index is 12.9. The van der Waals surface area contributed by atoms with Gasteiger partial charge in [0.1, 0.15) is 12.2 Å². The summed E-state index contributed by atoms with van der Waals surface area (Å²) in [7, 11) is 0. The predicted octanol–water partition coefficient (Wildman–Crippen LogP) is 9.48. The van der Waals surface area contributed by atoms with Crippen molar-refractivity contribution in [2.75, 3.05) is 13.2 Å². The smallest absolute Gasteiger partial charge is 0.306 e. The van der Waals surface area contributed by atoms with E-state index >= 15 is 0 Å². The molecule has 270 valence electrons. The second kappa shape index (κ2) is 19.1. The van der Waals surface area contributed by atoms with E-state index in [2.05, 4.69) is 79.4 Å². The Morgan fingerprint density at radius 1 is 0.500 bits per heavy atom. The van der Waals surface area contributed by atoms with Gasteiger partial charge in [-0.05, 0) is 68.2 Å². The van der Waals surface area contributed by atoms with Crippen molar-refractivity contribution in [3.63, 3.8) is 0 Å². The summed E-state index contributed by atoms with van der Waals surface area (Å²) in [4.78, 5) is 38.4. The Balaban J connectivity index is 1.76. The van der Waals surface area contributed by atoms with Crippen LogP contribution in [-0.2, 0) is 28.7 Å². The zero-order valence-electron chi connectivity index (χ0n) is 31.6. The SMILES string of the molecule is CCCCCCCCON1C(C)(C)CC(OC(=O)CCC(=O)OC2CC(C)(C)N(OCCCCCCCC)C(C)(C)C2)CC1(C)C. The lowest BCUT2D eigenvalue weighted by molar-refractivity contribution is -0.294. The van der Waals surface area contributed by atoms with Crippen LogP contribution in [-0.4, -0.2) is 69.6 Å². The summed E-state index contributed by atoms with van der Waals surface area (Å²) in [6.45, 7) is 23.1. The topological polar surface area (TPSA) is 77.5 Å². The predicted molar refractivity (Wildman–Crippen MR) is 186 cm³/mol. The van der Waals surface area contributed by atoms with Gasteiger partial charge in [0.25, 0.3) is 0 Å². The van der Waals surface area contributed by atoms with E-state index in [0.717, 1.165) is 12.8 Å². The molecular formula is C38H72N2O6. The van der Waals surface area contributed by atoms with Crippen LogP contribution in [0, 0.1) is 0 Å². The van der Waals surface area contributed by atoms with Gasteiger partial charge in [-0.25, -0.2) is 0 Å². The molecule has 0 spiro atoms. The molecule has 0 aliphatic carbocycles. The standard InChI is InChI=1S/C38H72N2O6/c1-11-13-15-17-19-21-25-43-39-35(3,4)27-31(28-36(39,5)6)45-33(41)23-24-34(42)46-32-29-37(7,8)40(38(9,10)30-32)44-26-22-20-18-16-14-12-2/h31-32H,11-30H2,1-10H3. The van der Waals surface area contributed by atoms with Crippen molar-refractivity contribution in [3.8, 4) is 0 Å². The van der Waals surface area contributed by atoms with E-state index in [1.807, 2.05) is 0 Å². The molecule has 8 nitrogen and oxygen atoms in total. The number of carbonyl (C=O) groups is 2. The average Bonchev–Trinajstić information content (AvgIpc) is 2.92. The van der Waals surface area contributed by atoms with Crippen LogP contribution >= 0.6 is 0 Å². The maximum atomic E-state index is 12.9. The first-order valence-corrected chi connectivity index (χ1v) is 18.8. The highest BCUT2D eigenvalue weighted by Gasteiger charge is 2.49. The number of piperidine rings is 2. The van der Waals surface area contributed by atoms with Gasteiger partial charge < -0.3 is 9.47 Å². The summed E-state index contributed by atoms with van der Waals surface area (Å²) in [6.07, 6.45) is 17.1. The largest absolute Gasteiger partial charge is 0.462 e. The second-order valence-corrected chi connectivity index (χ2v) is 16.6. The van der Waals surface area contributed by atoms with Crippen LogP contribution in [0.3, 0.4) is 0 Å². The average molecular weight is 653 g/mol. The van der Waals surface area contributed by atoms with Crippen LogP contribution in [0.25, 0.3) is 0 Å². The summed E-state index contributed by atoms with van der Waals surface area (Å²) < 4.78 is 11.9. The van der Waals surface area contributed by atoms with Gasteiger partial charge in [0, 0.05) is 47.8 Å². The quantitative estimate of drug-likeness (QED) is 0.0896. The van der Waals surface area contributed by atoms with Crippen molar-refractivity contribution in [1.29, 1.82) is 0 Å². The minimum atomic E-state index is -0.339. The summed E-state index contributed by atoms with van der Waals surface area (Å²) in [5.41, 5.74) is -1.11. The first-order valence-electron chi connectivity index (χ1n) is 18.8. The minimum Gasteiger partial charge on any atom is -0.462 e. The van der Waals surface area contributed by atoms with Gasteiger partial charge in [-0.1, -0.05) is 78.1 Å². The van der Waals surface area contributed by atoms with Crippen molar-refractivity contribution in [3.05, 3.63) is 0 Å². The van der Waals surface area contributed by atoms with Crippen molar-refractivity contribution in [1.82, 2.24) is 10.1 Å². The first-order chi connectivity index (χ1) is 21.5. The molecule has 0 aromatic carbocycles. The van der Waals surface area contributed by atoms with Crippen LogP contribution in [0.4, 0.5) is 0 Å². The molecule has 2 aliphatic rings. The highest BCUT2D eigenvalue weighted by molar-refractivity contribution is 5.77. The monoisotopic (exact) mass is 653 g/mol. The number of esters is 2. The molecule has 0 bridgehead atoms. The highest BCUT2D eigenvalue weighted by Crippen LogP contribution is 2.41. The molecule has 0 radical (unpaired) electrons. The number of carbonyl (C=O) groups excluding carboxylic acids is 2. The number of ether oxygens (including phenoxy) is 2. The number of hydrogen-bond acceptors (Lipinski definition) is 8. The Morgan fingerprint density at radius 3 is 1.09 bits per heavy atom. The molecule has 0 saturated carbocycles. The summed E-state index contributed by atoms with van der Waals surface area (Å²) in [6, 6.07) is 0. The van der Waals surface area contributed by atoms with Gasteiger partial charge in [-0.3, -0.25) is 19.3 Å². The van der Waals surface area contributed by atoms with E-state index in [9.17, 15) is 9.59 Å². The number of nitrogens with zero attached hydrogens (tertiary/aromatic N) is 2. The molecule has 2 fully saturated rings. The van der Waals surface area contributed by atoms with Crippen molar-refractivity contribution >= 4 is 11.9 Å². The lowest BCUT2D eigenvalue weighted by Crippen LogP contribution is -2.62. The molecule has 0 aromatic rings. The molecule has 0 atom stereocenters. The molecule has 2 saturated heterocycles. The molecule has 8 heteroatoms. The Hall–Kier alpha value is -1.22. The summed E-state index contributed by atoms with van der Waals surface area (Å²) in [5.74, 6) is -0.679. The van der Waals surface area contributed by atoms with Gasteiger partial charge in [0.2, 0.25) is 0 Å². The van der Waals surface area contributed by atoms with Crippen LogP contribution in [0.1, 0.15) is 185 Å². The van der Waals surface area contributed by atoms with Crippen molar-refractivity contribution in [2.45, 2.75) is 219 Å². The molecule has 0 amide bonds. The Kier molecular flexibility index (Phi) is 17.0. The van der Waals surface area contributed by atoms with Crippen LogP contribution < -0.4 is 0 Å². The third kappa shape index (κ3) is 13.7. The molecular weight excluding hydrogens is 580 g/mol. The molecule has 2 aliphatic heterocycles. The fraction of sp³-hybridized carbons (Fsp3) is 0.947. The van der Waals surface area contributed by atoms with Crippen LogP contribution in [0.5, 0.6) is 0 Å². The molecule has 46 heavy (non-hydrogen) atoms. The second-order valence-electron chi connectivity index (χ2n) is 16.6. The van der Waals surface area contributed by atoms with E-state index in [1.54, 1.807) is 0 Å². The lowest BCUT2D eigenvalue weighted by atomic mass is 9.80. The maximum Gasteiger partial charge on any atom is 0.306 e. The van der Waals surface area contributed by atoms with E-state index in [0.29, 0.717) is 38.9 Å². The summed E-state index contributed by atoms with van der Waals surface area (Å²) >= 11 is 0. The Labute approximate surface area is 282 Å². The highest BCUT2D eigenvalue weighted by atomic mass is 16.7. The summed E-state index contributed by atoms with van der Waals surface area (Å²) in [5, 5.41) is 4.25. The van der Waals surface area contributed by atoms with Gasteiger partial charge in [-0.15, -0.1) is 0 Å². The third-order valence-corrected chi connectivity index (χ3v) is 9.67. The fourth-order valence-electron chi connectivity index (χ4n) is 7.98. The zero-order valence-corrected chi connectivity index (χ0v) is 31.6. The Morgan fingerprint density at radius 2 is 0.783 bits per heavy atom. The fourth-order valence-corrected chi connectivity index (χ4v) is 7.98. The third-order valence-electron chi connectivity index (χ3n) is 9.67. The number of hydroxylamine groups is 4. The van der Waals surface area contributed by atoms with E-state index in [-0.39, 0.29) is 59.1 Å². The number of rotatable bonds is 21. The Bertz CT molecular complexity index is 794. The van der Waals surface area contributed by atoms with E-state index < -0.39 is 0 Å². The first kappa shape index (κ1) is 41.0. The number of hydrogen-bond donors (Lipinski definition) is 0. The normalized spacial score (nSPS) is 21.7. The van der Waals surface area contributed by atoms with Gasteiger partial charge in [-0.2, -0.15) is 10.1 Å². The molecule has 2 rings (SSSR count). The minimum absolute atomic E-state index is 0.0292.